The van der Waals surface area contributed by atoms with Crippen LogP contribution in [0.3, 0.4) is 0 Å². The predicted octanol–water partition coefficient (Wildman–Crippen LogP) is 3.91. The molecule has 0 radical (unpaired) electrons. The Hall–Kier alpha value is -1.35. The highest BCUT2D eigenvalue weighted by Gasteiger charge is 2.35. The summed E-state index contributed by atoms with van der Waals surface area (Å²) >= 11 is 4.12. The van der Waals surface area contributed by atoms with Crippen LogP contribution in [0.4, 0.5) is 13.2 Å². The molecule has 0 bridgehead atoms. The fourth-order valence-corrected chi connectivity index (χ4v) is 1.36. The molecular weight excluding hydrogens is 275 g/mol. The maximum Gasteiger partial charge on any atom is 0.420 e. The van der Waals surface area contributed by atoms with Crippen LogP contribution in [-0.4, -0.2) is 12.4 Å². The number of rotatable bonds is 4. The normalized spacial score (nSPS) is 12.1. The lowest BCUT2D eigenvalue weighted by molar-refractivity contribution is -0.139. The van der Waals surface area contributed by atoms with Crippen molar-refractivity contribution >= 4 is 12.6 Å². The first-order valence-electron chi connectivity index (χ1n) is 5.54. The Kier molecular flexibility index (Phi) is 4.75. The lowest BCUT2D eigenvalue weighted by Crippen LogP contribution is -2.24. The van der Waals surface area contributed by atoms with Gasteiger partial charge in [-0.05, 0) is 24.0 Å². The maximum atomic E-state index is 12.9. The van der Waals surface area contributed by atoms with E-state index in [2.05, 4.69) is 12.6 Å². The summed E-state index contributed by atoms with van der Waals surface area (Å²) in [4.78, 5) is 0. The monoisotopic (exact) mass is 289 g/mol. The summed E-state index contributed by atoms with van der Waals surface area (Å²) in [7, 11) is 0. The minimum absolute atomic E-state index is 0.0480. The molecule has 0 unspecified atom stereocenters. The average Bonchev–Trinajstić information content (AvgIpc) is 2.35. The second-order valence-corrected chi connectivity index (χ2v) is 5.25. The van der Waals surface area contributed by atoms with Gasteiger partial charge >= 0.3 is 6.18 Å². The highest BCUT2D eigenvalue weighted by Crippen LogP contribution is 2.37. The van der Waals surface area contributed by atoms with Gasteiger partial charge in [0.25, 0.3) is 0 Å². The van der Waals surface area contributed by atoms with Crippen molar-refractivity contribution in [1.82, 2.24) is 0 Å². The van der Waals surface area contributed by atoms with Crippen molar-refractivity contribution < 1.29 is 17.9 Å². The summed E-state index contributed by atoms with van der Waals surface area (Å²) in [6.45, 7) is 3.80. The fraction of sp³-hybridized carbons (Fsp3) is 0.462. The Morgan fingerprint density at radius 3 is 2.42 bits per heavy atom. The first-order chi connectivity index (χ1) is 8.69. The molecule has 1 aromatic rings. The molecule has 0 N–H and O–H groups in total. The van der Waals surface area contributed by atoms with Crippen LogP contribution < -0.4 is 4.74 Å². The van der Waals surface area contributed by atoms with Gasteiger partial charge < -0.3 is 4.74 Å². The van der Waals surface area contributed by atoms with E-state index >= 15 is 0 Å². The number of nitrogens with zero attached hydrogens (tertiary/aromatic N) is 1. The Balaban J connectivity index is 3.05. The van der Waals surface area contributed by atoms with E-state index in [-0.39, 0.29) is 23.3 Å². The third-order valence-corrected chi connectivity index (χ3v) is 3.32. The summed E-state index contributed by atoms with van der Waals surface area (Å²) in [6.07, 6.45) is -4.55. The average molecular weight is 289 g/mol. The molecule has 6 heteroatoms. The number of benzene rings is 1. The molecule has 104 valence electrons. The molecule has 0 aliphatic heterocycles. The molecule has 0 atom stereocenters. The minimum Gasteiger partial charge on any atom is -0.492 e. The fourth-order valence-electron chi connectivity index (χ4n) is 1.27. The van der Waals surface area contributed by atoms with E-state index in [1.54, 1.807) is 6.07 Å². The van der Waals surface area contributed by atoms with Crippen LogP contribution in [0.25, 0.3) is 0 Å². The summed E-state index contributed by atoms with van der Waals surface area (Å²) in [5.41, 5.74) is -1.31. The predicted molar refractivity (Wildman–Crippen MR) is 69.3 cm³/mol. The lowest BCUT2D eigenvalue weighted by Gasteiger charge is -2.23. The maximum absolute atomic E-state index is 12.9. The molecule has 1 aromatic carbocycles. The zero-order valence-corrected chi connectivity index (χ0v) is 11.5. The lowest BCUT2D eigenvalue weighted by atomic mass is 9.98. The van der Waals surface area contributed by atoms with Gasteiger partial charge in [0.05, 0.1) is 23.8 Å². The summed E-state index contributed by atoms with van der Waals surface area (Å²) in [5, 5.41) is 8.65. The Morgan fingerprint density at radius 1 is 1.32 bits per heavy atom. The van der Waals surface area contributed by atoms with Crippen molar-refractivity contribution in [2.24, 2.45) is 5.41 Å². The number of halogens is 3. The van der Waals surface area contributed by atoms with Gasteiger partial charge in [-0.3, -0.25) is 0 Å². The van der Waals surface area contributed by atoms with Crippen molar-refractivity contribution in [3.05, 3.63) is 29.3 Å². The first kappa shape index (κ1) is 15.7. The van der Waals surface area contributed by atoms with Crippen LogP contribution in [0, 0.1) is 16.7 Å². The van der Waals surface area contributed by atoms with Crippen LogP contribution in [-0.2, 0) is 6.18 Å². The number of ether oxygens (including phenoxy) is 1. The molecule has 0 amide bonds. The van der Waals surface area contributed by atoms with Gasteiger partial charge in [-0.2, -0.15) is 31.1 Å². The smallest absolute Gasteiger partial charge is 0.420 e. The largest absolute Gasteiger partial charge is 0.492 e. The van der Waals surface area contributed by atoms with Crippen LogP contribution in [0.2, 0.25) is 0 Å². The topological polar surface area (TPSA) is 33.0 Å². The van der Waals surface area contributed by atoms with E-state index in [4.69, 9.17) is 10.00 Å². The quantitative estimate of drug-likeness (QED) is 0.852. The SMILES string of the molecule is CC(C)(CS)COc1ccc(C#N)cc1C(F)(F)F. The van der Waals surface area contributed by atoms with E-state index in [1.807, 2.05) is 13.8 Å². The molecule has 0 fully saturated rings. The van der Waals surface area contributed by atoms with Crippen molar-refractivity contribution in [3.8, 4) is 11.8 Å². The van der Waals surface area contributed by atoms with Crippen molar-refractivity contribution in [2.45, 2.75) is 20.0 Å². The van der Waals surface area contributed by atoms with Crippen LogP contribution in [0.1, 0.15) is 25.0 Å². The molecule has 0 heterocycles. The van der Waals surface area contributed by atoms with Gasteiger partial charge in [0.1, 0.15) is 5.75 Å². The third-order valence-electron chi connectivity index (χ3n) is 2.46. The standard InChI is InChI=1S/C13H14F3NOS/c1-12(2,8-19)7-18-11-4-3-9(6-17)5-10(11)13(14,15)16/h3-5,19H,7-8H2,1-2H3. The highest BCUT2D eigenvalue weighted by atomic mass is 32.1. The van der Waals surface area contributed by atoms with E-state index in [0.29, 0.717) is 5.75 Å². The minimum atomic E-state index is -4.55. The number of nitriles is 1. The number of hydrogen-bond donors (Lipinski definition) is 1. The van der Waals surface area contributed by atoms with Gasteiger partial charge in [-0.1, -0.05) is 13.8 Å². The number of alkyl halides is 3. The van der Waals surface area contributed by atoms with Crippen LogP contribution in [0.15, 0.2) is 18.2 Å². The van der Waals surface area contributed by atoms with Gasteiger partial charge in [-0.15, -0.1) is 0 Å². The summed E-state index contributed by atoms with van der Waals surface area (Å²) < 4.78 is 43.8. The Bertz CT molecular complexity index is 492. The first-order valence-corrected chi connectivity index (χ1v) is 6.18. The molecule has 0 saturated carbocycles. The summed E-state index contributed by atoms with van der Waals surface area (Å²) in [5.74, 6) is 0.228. The van der Waals surface area contributed by atoms with Gasteiger partial charge in [-0.25, -0.2) is 0 Å². The number of hydrogen-bond acceptors (Lipinski definition) is 3. The van der Waals surface area contributed by atoms with E-state index in [1.165, 1.54) is 12.1 Å². The van der Waals surface area contributed by atoms with Gasteiger partial charge in [0, 0.05) is 5.41 Å². The zero-order chi connectivity index (χ0) is 14.7. The highest BCUT2D eigenvalue weighted by molar-refractivity contribution is 7.80. The second kappa shape index (κ2) is 5.74. The molecule has 0 aromatic heterocycles. The molecule has 0 saturated heterocycles. The molecular formula is C13H14F3NOS. The zero-order valence-electron chi connectivity index (χ0n) is 10.6. The number of thiol groups is 1. The molecule has 2 nitrogen and oxygen atoms in total. The molecule has 0 aliphatic carbocycles. The Morgan fingerprint density at radius 2 is 1.95 bits per heavy atom. The molecule has 1 rings (SSSR count). The van der Waals surface area contributed by atoms with Gasteiger partial charge in [0.2, 0.25) is 0 Å². The van der Waals surface area contributed by atoms with E-state index in [0.717, 1.165) is 6.07 Å². The molecule has 0 spiro atoms. The van der Waals surface area contributed by atoms with Crippen molar-refractivity contribution in [3.63, 3.8) is 0 Å². The van der Waals surface area contributed by atoms with Crippen LogP contribution in [0.5, 0.6) is 5.75 Å². The van der Waals surface area contributed by atoms with Crippen molar-refractivity contribution in [1.29, 1.82) is 5.26 Å². The molecule has 0 aliphatic rings. The van der Waals surface area contributed by atoms with E-state index in [9.17, 15) is 13.2 Å². The van der Waals surface area contributed by atoms with Crippen LogP contribution >= 0.6 is 12.6 Å². The molecule has 19 heavy (non-hydrogen) atoms. The van der Waals surface area contributed by atoms with E-state index < -0.39 is 11.7 Å². The third kappa shape index (κ3) is 4.35. The summed E-state index contributed by atoms with van der Waals surface area (Å²) in [6, 6.07) is 4.96. The Labute approximate surface area is 115 Å². The second-order valence-electron chi connectivity index (χ2n) is 4.93. The van der Waals surface area contributed by atoms with Crippen molar-refractivity contribution in [2.75, 3.05) is 12.4 Å². The van der Waals surface area contributed by atoms with Gasteiger partial charge in [0.15, 0.2) is 0 Å².